The van der Waals surface area contributed by atoms with Gasteiger partial charge in [0.05, 0.1) is 5.25 Å². The van der Waals surface area contributed by atoms with Gasteiger partial charge in [0.25, 0.3) is 5.22 Å². The van der Waals surface area contributed by atoms with Crippen LogP contribution in [0, 0.1) is 0 Å². The van der Waals surface area contributed by atoms with Crippen molar-refractivity contribution in [3.05, 3.63) is 100 Å². The van der Waals surface area contributed by atoms with Crippen LogP contribution in [0.5, 0.6) is 0 Å². The van der Waals surface area contributed by atoms with E-state index in [2.05, 4.69) is 22.3 Å². The van der Waals surface area contributed by atoms with Gasteiger partial charge in [-0.05, 0) is 47.5 Å². The predicted molar refractivity (Wildman–Crippen MR) is 110 cm³/mol. The van der Waals surface area contributed by atoms with E-state index < -0.39 is 0 Å². The molecule has 27 heavy (non-hydrogen) atoms. The molecular weight excluding hydrogens is 399 g/mol. The molecule has 1 heterocycles. The van der Waals surface area contributed by atoms with Crippen molar-refractivity contribution in [3.8, 4) is 11.5 Å². The van der Waals surface area contributed by atoms with E-state index in [0.717, 1.165) is 16.7 Å². The molecule has 0 aliphatic carbocycles. The number of hydrogen-bond donors (Lipinski definition) is 0. The Bertz CT molecular complexity index is 1020. The minimum atomic E-state index is 0.0157. The molecule has 0 fully saturated rings. The van der Waals surface area contributed by atoms with Crippen LogP contribution in [0.1, 0.15) is 16.4 Å². The van der Waals surface area contributed by atoms with Crippen molar-refractivity contribution >= 4 is 35.0 Å². The van der Waals surface area contributed by atoms with E-state index in [1.54, 1.807) is 12.1 Å². The maximum atomic E-state index is 6.05. The van der Waals surface area contributed by atoms with Crippen LogP contribution in [0.15, 0.2) is 88.5 Å². The number of aromatic nitrogens is 2. The highest BCUT2D eigenvalue weighted by Gasteiger charge is 2.20. The van der Waals surface area contributed by atoms with Crippen LogP contribution in [-0.4, -0.2) is 10.2 Å². The fourth-order valence-corrected chi connectivity index (χ4v) is 3.92. The number of thioether (sulfide) groups is 1. The van der Waals surface area contributed by atoms with Crippen molar-refractivity contribution in [2.24, 2.45) is 0 Å². The minimum absolute atomic E-state index is 0.0157. The molecule has 0 aliphatic rings. The average Bonchev–Trinajstić information content (AvgIpc) is 3.17. The summed E-state index contributed by atoms with van der Waals surface area (Å²) in [6.45, 7) is 0. The smallest absolute Gasteiger partial charge is 0.277 e. The molecule has 0 bridgehead atoms. The first-order valence-electron chi connectivity index (χ1n) is 8.25. The van der Waals surface area contributed by atoms with Crippen molar-refractivity contribution in [2.45, 2.75) is 10.5 Å². The van der Waals surface area contributed by atoms with E-state index in [-0.39, 0.29) is 5.25 Å². The highest BCUT2D eigenvalue weighted by molar-refractivity contribution is 7.99. The lowest BCUT2D eigenvalue weighted by atomic mass is 10.0. The van der Waals surface area contributed by atoms with Gasteiger partial charge in [0.15, 0.2) is 0 Å². The van der Waals surface area contributed by atoms with E-state index in [1.165, 1.54) is 11.8 Å². The molecule has 0 unspecified atom stereocenters. The van der Waals surface area contributed by atoms with Gasteiger partial charge in [0.1, 0.15) is 0 Å². The largest absolute Gasteiger partial charge is 0.411 e. The van der Waals surface area contributed by atoms with E-state index in [1.807, 2.05) is 54.6 Å². The molecular formula is C21H14Cl2N2OS. The van der Waals surface area contributed by atoms with E-state index >= 15 is 0 Å². The number of rotatable bonds is 5. The molecule has 0 spiro atoms. The normalized spacial score (nSPS) is 12.1. The first kappa shape index (κ1) is 18.1. The molecule has 1 aromatic heterocycles. The maximum Gasteiger partial charge on any atom is 0.277 e. The van der Waals surface area contributed by atoms with Crippen molar-refractivity contribution in [1.29, 1.82) is 0 Å². The Morgan fingerprint density at radius 1 is 0.704 bits per heavy atom. The molecule has 3 nitrogen and oxygen atoms in total. The van der Waals surface area contributed by atoms with Crippen LogP contribution in [-0.2, 0) is 0 Å². The van der Waals surface area contributed by atoms with Crippen molar-refractivity contribution in [1.82, 2.24) is 10.2 Å². The summed E-state index contributed by atoms with van der Waals surface area (Å²) in [5.41, 5.74) is 3.10. The van der Waals surface area contributed by atoms with E-state index in [9.17, 15) is 0 Å². The molecule has 134 valence electrons. The van der Waals surface area contributed by atoms with Gasteiger partial charge in [-0.1, -0.05) is 77.4 Å². The van der Waals surface area contributed by atoms with Gasteiger partial charge < -0.3 is 4.42 Å². The summed E-state index contributed by atoms with van der Waals surface area (Å²) < 4.78 is 5.88. The van der Waals surface area contributed by atoms with Gasteiger partial charge in [0, 0.05) is 15.6 Å². The predicted octanol–water partition coefficient (Wildman–Crippen LogP) is 6.93. The topological polar surface area (TPSA) is 38.9 Å². The van der Waals surface area contributed by atoms with Gasteiger partial charge in [-0.2, -0.15) is 0 Å². The summed E-state index contributed by atoms with van der Waals surface area (Å²) in [6, 6.07) is 25.3. The van der Waals surface area contributed by atoms with Crippen LogP contribution < -0.4 is 0 Å². The van der Waals surface area contributed by atoms with Crippen LogP contribution in [0.2, 0.25) is 10.0 Å². The summed E-state index contributed by atoms with van der Waals surface area (Å²) in [5, 5.41) is 10.3. The average molecular weight is 413 g/mol. The molecule has 0 saturated carbocycles. The number of benzene rings is 3. The Hall–Kier alpha value is -2.27. The first-order valence-corrected chi connectivity index (χ1v) is 9.89. The molecule has 0 N–H and O–H groups in total. The lowest BCUT2D eigenvalue weighted by Crippen LogP contribution is -1.96. The maximum absolute atomic E-state index is 6.05. The lowest BCUT2D eigenvalue weighted by Gasteiger charge is -2.15. The Labute approximate surface area is 171 Å². The molecule has 0 aliphatic heterocycles. The highest BCUT2D eigenvalue weighted by Crippen LogP contribution is 2.40. The first-order chi connectivity index (χ1) is 13.2. The lowest BCUT2D eigenvalue weighted by molar-refractivity contribution is 0.465. The summed E-state index contributed by atoms with van der Waals surface area (Å²) in [4.78, 5) is 0. The van der Waals surface area contributed by atoms with Gasteiger partial charge in [-0.3, -0.25) is 0 Å². The quantitative estimate of drug-likeness (QED) is 0.333. The summed E-state index contributed by atoms with van der Waals surface area (Å²) in [6.07, 6.45) is 0. The number of halogens is 2. The van der Waals surface area contributed by atoms with Crippen LogP contribution in [0.3, 0.4) is 0 Å². The third-order valence-corrected chi connectivity index (χ3v) is 5.64. The second kappa shape index (κ2) is 8.17. The summed E-state index contributed by atoms with van der Waals surface area (Å²) >= 11 is 13.5. The zero-order valence-corrected chi connectivity index (χ0v) is 16.4. The van der Waals surface area contributed by atoms with Gasteiger partial charge in [0.2, 0.25) is 5.89 Å². The second-order valence-electron chi connectivity index (χ2n) is 5.84. The molecule has 4 aromatic rings. The standard InChI is InChI=1S/C21H14Cl2N2OS/c22-17-10-6-15(7-11-17)19(14-4-2-1-3-5-14)27-21-25-24-20(26-21)16-8-12-18(23)13-9-16/h1-13,19H/t19-/m1/s1. The Kier molecular flexibility index (Phi) is 5.48. The fraction of sp³-hybridized carbons (Fsp3) is 0.0476. The van der Waals surface area contributed by atoms with Crippen molar-refractivity contribution < 1.29 is 4.42 Å². The third-order valence-electron chi connectivity index (χ3n) is 3.99. The summed E-state index contributed by atoms with van der Waals surface area (Å²) in [7, 11) is 0. The van der Waals surface area contributed by atoms with Gasteiger partial charge in [-0.15, -0.1) is 10.2 Å². The zero-order valence-electron chi connectivity index (χ0n) is 14.0. The molecule has 3 aromatic carbocycles. The van der Waals surface area contributed by atoms with Crippen molar-refractivity contribution in [2.75, 3.05) is 0 Å². The SMILES string of the molecule is Clc1ccc(-c2nnc(S[C@H](c3ccccc3)c3ccc(Cl)cc3)o2)cc1. The van der Waals surface area contributed by atoms with Gasteiger partial charge in [-0.25, -0.2) is 0 Å². The highest BCUT2D eigenvalue weighted by atomic mass is 35.5. The third kappa shape index (κ3) is 4.35. The Morgan fingerprint density at radius 3 is 1.96 bits per heavy atom. The molecule has 0 radical (unpaired) electrons. The van der Waals surface area contributed by atoms with Crippen LogP contribution in [0.4, 0.5) is 0 Å². The van der Waals surface area contributed by atoms with Crippen LogP contribution in [0.25, 0.3) is 11.5 Å². The Morgan fingerprint density at radius 2 is 1.30 bits per heavy atom. The molecule has 0 saturated heterocycles. The second-order valence-corrected chi connectivity index (χ2v) is 7.77. The van der Waals surface area contributed by atoms with Crippen molar-refractivity contribution in [3.63, 3.8) is 0 Å². The van der Waals surface area contributed by atoms with E-state index in [4.69, 9.17) is 27.6 Å². The Balaban J connectivity index is 1.64. The van der Waals surface area contributed by atoms with E-state index in [0.29, 0.717) is 21.2 Å². The fourth-order valence-electron chi connectivity index (χ4n) is 2.66. The number of nitrogens with zero attached hydrogens (tertiary/aromatic N) is 2. The summed E-state index contributed by atoms with van der Waals surface area (Å²) in [5.74, 6) is 0.470. The molecule has 1 atom stereocenters. The molecule has 6 heteroatoms. The monoisotopic (exact) mass is 412 g/mol. The van der Waals surface area contributed by atoms with Crippen LogP contribution >= 0.6 is 35.0 Å². The molecule has 0 amide bonds. The number of hydrogen-bond acceptors (Lipinski definition) is 4. The van der Waals surface area contributed by atoms with Gasteiger partial charge >= 0.3 is 0 Å². The molecule has 4 rings (SSSR count). The zero-order chi connectivity index (χ0) is 18.6. The minimum Gasteiger partial charge on any atom is -0.411 e.